The van der Waals surface area contributed by atoms with Crippen molar-refractivity contribution in [1.29, 1.82) is 0 Å². The average molecular weight is 473 g/mol. The highest BCUT2D eigenvalue weighted by Crippen LogP contribution is 2.43. The van der Waals surface area contributed by atoms with E-state index in [9.17, 15) is 14.7 Å². The zero-order valence-corrected chi connectivity index (χ0v) is 20.0. The molecule has 1 aliphatic heterocycles. The first-order chi connectivity index (χ1) is 16.9. The number of carbonyl (C=O) groups is 2. The summed E-state index contributed by atoms with van der Waals surface area (Å²) in [5, 5.41) is 11.3. The number of hydrogen-bond acceptors (Lipinski definition) is 6. The van der Waals surface area contributed by atoms with E-state index in [0.717, 1.165) is 5.56 Å². The number of methoxy groups -OCH3 is 1. The fourth-order valence-electron chi connectivity index (χ4n) is 4.07. The van der Waals surface area contributed by atoms with Crippen LogP contribution in [-0.2, 0) is 16.1 Å². The number of ether oxygens (including phenoxy) is 2. The zero-order valence-electron chi connectivity index (χ0n) is 20.0. The van der Waals surface area contributed by atoms with Gasteiger partial charge in [0.25, 0.3) is 11.7 Å². The Balaban J connectivity index is 1.79. The number of aliphatic hydroxyl groups excluding tert-OH is 1. The van der Waals surface area contributed by atoms with Crippen LogP contribution in [0.1, 0.15) is 36.6 Å². The van der Waals surface area contributed by atoms with E-state index in [4.69, 9.17) is 9.47 Å². The fourth-order valence-corrected chi connectivity index (χ4v) is 4.07. The SMILES string of the molecule is COc1ccccc1[C@H]1/C(=C(\O)c2ccc(OCC(C)C)cc2)C(=O)C(=O)N1Cc1cccnc1. The summed E-state index contributed by atoms with van der Waals surface area (Å²) in [6.45, 7) is 4.84. The second-order valence-electron chi connectivity index (χ2n) is 8.76. The topological polar surface area (TPSA) is 89.0 Å². The predicted octanol–water partition coefficient (Wildman–Crippen LogP) is 4.75. The van der Waals surface area contributed by atoms with Gasteiger partial charge in [0.05, 0.1) is 25.3 Å². The zero-order chi connectivity index (χ0) is 24.9. The van der Waals surface area contributed by atoms with Gasteiger partial charge >= 0.3 is 0 Å². The lowest BCUT2D eigenvalue weighted by atomic mass is 9.94. The molecule has 1 N–H and O–H groups in total. The van der Waals surface area contributed by atoms with Gasteiger partial charge in [0.2, 0.25) is 0 Å². The minimum absolute atomic E-state index is 0.0132. The third-order valence-corrected chi connectivity index (χ3v) is 5.76. The van der Waals surface area contributed by atoms with Gasteiger partial charge in [0.15, 0.2) is 0 Å². The van der Waals surface area contributed by atoms with Crippen LogP contribution in [0, 0.1) is 5.92 Å². The Kier molecular flexibility index (Phi) is 7.15. The molecule has 2 aromatic carbocycles. The van der Waals surface area contributed by atoms with Crippen LogP contribution in [0.4, 0.5) is 0 Å². The number of para-hydroxylation sites is 1. The van der Waals surface area contributed by atoms with Gasteiger partial charge in [-0.3, -0.25) is 14.6 Å². The van der Waals surface area contributed by atoms with Crippen molar-refractivity contribution >= 4 is 17.4 Å². The van der Waals surface area contributed by atoms with E-state index in [1.165, 1.54) is 12.0 Å². The molecule has 0 spiro atoms. The standard InChI is InChI=1S/C28H28N2O5/c1-18(2)17-35-21-12-10-20(11-13-21)26(31)24-25(22-8-4-5-9-23(22)34-3)30(28(33)27(24)32)16-19-7-6-14-29-15-19/h4-15,18,25,31H,16-17H2,1-3H3/b26-24+/t25-/m0/s1. The third-order valence-electron chi connectivity index (χ3n) is 5.76. The molecule has 1 saturated heterocycles. The first-order valence-corrected chi connectivity index (χ1v) is 11.4. The maximum Gasteiger partial charge on any atom is 0.295 e. The third kappa shape index (κ3) is 5.04. The van der Waals surface area contributed by atoms with E-state index in [0.29, 0.717) is 35.2 Å². The summed E-state index contributed by atoms with van der Waals surface area (Å²) in [5.74, 6) is -0.138. The molecule has 3 aromatic rings. The van der Waals surface area contributed by atoms with Gasteiger partial charge in [-0.25, -0.2) is 0 Å². The number of aromatic nitrogens is 1. The molecular formula is C28H28N2O5. The summed E-state index contributed by atoms with van der Waals surface area (Å²) in [6, 6.07) is 16.8. The number of ketones is 1. The van der Waals surface area contributed by atoms with Gasteiger partial charge in [-0.2, -0.15) is 0 Å². The molecule has 1 atom stereocenters. The van der Waals surface area contributed by atoms with Gasteiger partial charge in [0, 0.05) is 30.1 Å². The molecule has 35 heavy (non-hydrogen) atoms. The van der Waals surface area contributed by atoms with Gasteiger partial charge < -0.3 is 19.5 Å². The van der Waals surface area contributed by atoms with Crippen LogP contribution in [0.3, 0.4) is 0 Å². The monoisotopic (exact) mass is 472 g/mol. The number of Topliss-reactive ketones (excluding diaryl/α,β-unsaturated/α-hetero) is 1. The fraction of sp³-hybridized carbons (Fsp3) is 0.250. The summed E-state index contributed by atoms with van der Waals surface area (Å²) in [4.78, 5) is 32.0. The summed E-state index contributed by atoms with van der Waals surface area (Å²) in [7, 11) is 1.53. The molecule has 1 amide bonds. The maximum atomic E-state index is 13.3. The molecule has 0 unspecified atom stereocenters. The van der Waals surface area contributed by atoms with E-state index in [-0.39, 0.29) is 17.9 Å². The van der Waals surface area contributed by atoms with Crippen molar-refractivity contribution in [3.63, 3.8) is 0 Å². The molecule has 1 fully saturated rings. The van der Waals surface area contributed by atoms with Gasteiger partial charge in [-0.05, 0) is 47.9 Å². The second kappa shape index (κ2) is 10.4. The average Bonchev–Trinajstić information content (AvgIpc) is 3.12. The van der Waals surface area contributed by atoms with Gasteiger partial charge in [-0.15, -0.1) is 0 Å². The van der Waals surface area contributed by atoms with E-state index in [1.807, 2.05) is 18.2 Å². The lowest BCUT2D eigenvalue weighted by Gasteiger charge is -2.26. The number of pyridine rings is 1. The Labute approximate surface area is 204 Å². The molecule has 0 bridgehead atoms. The summed E-state index contributed by atoms with van der Waals surface area (Å²) in [5.41, 5.74) is 1.80. The van der Waals surface area contributed by atoms with Crippen LogP contribution in [0.2, 0.25) is 0 Å². The van der Waals surface area contributed by atoms with Crippen molar-refractivity contribution in [3.05, 3.63) is 95.3 Å². The Hall–Kier alpha value is -4.13. The van der Waals surface area contributed by atoms with Crippen LogP contribution in [0.5, 0.6) is 11.5 Å². The van der Waals surface area contributed by atoms with Crippen molar-refractivity contribution in [2.75, 3.05) is 13.7 Å². The minimum Gasteiger partial charge on any atom is -0.507 e. The van der Waals surface area contributed by atoms with Crippen molar-refractivity contribution in [2.45, 2.75) is 26.4 Å². The number of likely N-dealkylation sites (tertiary alicyclic amines) is 1. The highest BCUT2D eigenvalue weighted by Gasteiger charge is 2.47. The normalized spacial score (nSPS) is 17.1. The predicted molar refractivity (Wildman–Crippen MR) is 132 cm³/mol. The Morgan fingerprint density at radius 3 is 2.46 bits per heavy atom. The summed E-state index contributed by atoms with van der Waals surface area (Å²) < 4.78 is 11.3. The quantitative estimate of drug-likeness (QED) is 0.289. The van der Waals surface area contributed by atoms with E-state index >= 15 is 0 Å². The summed E-state index contributed by atoms with van der Waals surface area (Å²) >= 11 is 0. The first-order valence-electron chi connectivity index (χ1n) is 11.4. The molecule has 7 heteroatoms. The number of benzene rings is 2. The van der Waals surface area contributed by atoms with E-state index < -0.39 is 17.7 Å². The number of carbonyl (C=O) groups excluding carboxylic acids is 2. The largest absolute Gasteiger partial charge is 0.507 e. The highest BCUT2D eigenvalue weighted by atomic mass is 16.5. The number of amides is 1. The van der Waals surface area contributed by atoms with Gasteiger partial charge in [-0.1, -0.05) is 38.1 Å². The van der Waals surface area contributed by atoms with Crippen LogP contribution in [-0.4, -0.2) is 40.4 Å². The lowest BCUT2D eigenvalue weighted by Crippen LogP contribution is -2.29. The van der Waals surface area contributed by atoms with Crippen LogP contribution >= 0.6 is 0 Å². The minimum atomic E-state index is -0.830. The van der Waals surface area contributed by atoms with E-state index in [2.05, 4.69) is 18.8 Å². The molecule has 180 valence electrons. The molecule has 1 aliphatic rings. The molecule has 7 nitrogen and oxygen atoms in total. The Morgan fingerprint density at radius 1 is 1.06 bits per heavy atom. The molecule has 0 radical (unpaired) electrons. The number of rotatable bonds is 8. The lowest BCUT2D eigenvalue weighted by molar-refractivity contribution is -0.140. The summed E-state index contributed by atoms with van der Waals surface area (Å²) in [6.07, 6.45) is 3.29. The van der Waals surface area contributed by atoms with Crippen molar-refractivity contribution in [3.8, 4) is 11.5 Å². The molecule has 4 rings (SSSR count). The molecule has 0 aliphatic carbocycles. The molecule has 0 saturated carbocycles. The molecule has 2 heterocycles. The molecular weight excluding hydrogens is 444 g/mol. The van der Waals surface area contributed by atoms with Crippen LogP contribution in [0.25, 0.3) is 5.76 Å². The second-order valence-corrected chi connectivity index (χ2v) is 8.76. The van der Waals surface area contributed by atoms with Crippen molar-refractivity contribution in [1.82, 2.24) is 9.88 Å². The Morgan fingerprint density at radius 2 is 1.80 bits per heavy atom. The van der Waals surface area contributed by atoms with Gasteiger partial charge in [0.1, 0.15) is 17.3 Å². The van der Waals surface area contributed by atoms with E-state index in [1.54, 1.807) is 54.9 Å². The van der Waals surface area contributed by atoms with Crippen molar-refractivity contribution in [2.24, 2.45) is 5.92 Å². The number of hydrogen-bond donors (Lipinski definition) is 1. The van der Waals surface area contributed by atoms with Crippen molar-refractivity contribution < 1.29 is 24.2 Å². The molecule has 1 aromatic heterocycles. The van der Waals surface area contributed by atoms with Crippen LogP contribution < -0.4 is 9.47 Å². The highest BCUT2D eigenvalue weighted by molar-refractivity contribution is 6.46. The Bertz CT molecular complexity index is 1240. The van der Waals surface area contributed by atoms with Crippen LogP contribution in [0.15, 0.2) is 78.6 Å². The first kappa shape index (κ1) is 24.0. The number of aliphatic hydroxyl groups is 1. The number of nitrogens with zero attached hydrogens (tertiary/aromatic N) is 2. The maximum absolute atomic E-state index is 13.3. The smallest absolute Gasteiger partial charge is 0.295 e.